The maximum Gasteiger partial charge on any atom is 0.335 e. The minimum Gasteiger partial charge on any atom is -0.478 e. The molecule has 0 radical (unpaired) electrons. The standard InChI is InChI=1S/C14H21NO5S/c1-9(2)20-6-5-15-21(18,19)13-8-12(14(16)17)10(3)7-11(13)4/h7-9,15H,5-6H2,1-4H3,(H,16,17). The van der Waals surface area contributed by atoms with E-state index in [4.69, 9.17) is 9.84 Å². The number of benzene rings is 1. The molecule has 0 aliphatic carbocycles. The van der Waals surface area contributed by atoms with Gasteiger partial charge in [-0.2, -0.15) is 0 Å². The Kier molecular flexibility index (Phi) is 5.88. The third kappa shape index (κ3) is 4.80. The molecule has 0 atom stereocenters. The van der Waals surface area contributed by atoms with E-state index in [9.17, 15) is 13.2 Å². The Morgan fingerprint density at radius 2 is 1.90 bits per heavy atom. The van der Waals surface area contributed by atoms with E-state index in [0.29, 0.717) is 11.1 Å². The Bertz CT molecular complexity index is 622. The molecular weight excluding hydrogens is 294 g/mol. The summed E-state index contributed by atoms with van der Waals surface area (Å²) in [6.07, 6.45) is 0.0224. The molecule has 0 bridgehead atoms. The van der Waals surface area contributed by atoms with Crippen LogP contribution in [0.25, 0.3) is 0 Å². The van der Waals surface area contributed by atoms with Crippen LogP contribution < -0.4 is 4.72 Å². The summed E-state index contributed by atoms with van der Waals surface area (Å²) in [5.41, 5.74) is 1.02. The van der Waals surface area contributed by atoms with Gasteiger partial charge in [-0.15, -0.1) is 0 Å². The van der Waals surface area contributed by atoms with Crippen molar-refractivity contribution >= 4 is 16.0 Å². The summed E-state index contributed by atoms with van der Waals surface area (Å²) in [4.78, 5) is 11.1. The summed E-state index contributed by atoms with van der Waals surface area (Å²) < 4.78 is 32.1. The van der Waals surface area contributed by atoms with E-state index in [1.54, 1.807) is 19.9 Å². The van der Waals surface area contributed by atoms with E-state index in [0.717, 1.165) is 0 Å². The number of rotatable bonds is 7. The van der Waals surface area contributed by atoms with Gasteiger partial charge in [0.1, 0.15) is 0 Å². The van der Waals surface area contributed by atoms with Crippen molar-refractivity contribution in [3.63, 3.8) is 0 Å². The van der Waals surface area contributed by atoms with Crippen molar-refractivity contribution in [2.45, 2.75) is 38.7 Å². The van der Waals surface area contributed by atoms with Gasteiger partial charge in [0, 0.05) is 6.54 Å². The van der Waals surface area contributed by atoms with Crippen LogP contribution in [-0.4, -0.2) is 38.7 Å². The van der Waals surface area contributed by atoms with Gasteiger partial charge in [0.2, 0.25) is 10.0 Å². The Balaban J connectivity index is 2.97. The number of ether oxygens (including phenoxy) is 1. The fraction of sp³-hybridized carbons (Fsp3) is 0.500. The highest BCUT2D eigenvalue weighted by atomic mass is 32.2. The molecule has 0 aromatic heterocycles. The lowest BCUT2D eigenvalue weighted by atomic mass is 10.1. The average Bonchev–Trinajstić information content (AvgIpc) is 2.33. The van der Waals surface area contributed by atoms with Crippen molar-refractivity contribution in [2.75, 3.05) is 13.2 Å². The van der Waals surface area contributed by atoms with Gasteiger partial charge in [0.05, 0.1) is 23.2 Å². The third-order valence-corrected chi connectivity index (χ3v) is 4.49. The lowest BCUT2D eigenvalue weighted by Gasteiger charge is -2.12. The molecule has 6 nitrogen and oxygen atoms in total. The first kappa shape index (κ1) is 17.6. The predicted molar refractivity (Wildman–Crippen MR) is 79.2 cm³/mol. The molecule has 118 valence electrons. The lowest BCUT2D eigenvalue weighted by Crippen LogP contribution is -2.29. The van der Waals surface area contributed by atoms with Gasteiger partial charge in [-0.3, -0.25) is 0 Å². The fourth-order valence-electron chi connectivity index (χ4n) is 1.90. The van der Waals surface area contributed by atoms with E-state index in [1.165, 1.54) is 6.07 Å². The summed E-state index contributed by atoms with van der Waals surface area (Å²) in [5, 5.41) is 9.09. The first-order valence-electron chi connectivity index (χ1n) is 6.61. The molecule has 1 rings (SSSR count). The molecule has 21 heavy (non-hydrogen) atoms. The second-order valence-electron chi connectivity index (χ2n) is 5.06. The van der Waals surface area contributed by atoms with E-state index in [1.807, 2.05) is 13.8 Å². The molecule has 1 aromatic rings. The maximum absolute atomic E-state index is 12.2. The van der Waals surface area contributed by atoms with E-state index in [2.05, 4.69) is 4.72 Å². The molecular formula is C14H21NO5S. The van der Waals surface area contributed by atoms with Gasteiger partial charge in [-0.1, -0.05) is 6.07 Å². The van der Waals surface area contributed by atoms with Crippen LogP contribution in [0.5, 0.6) is 0 Å². The molecule has 0 aliphatic rings. The van der Waals surface area contributed by atoms with Crippen LogP contribution in [0.4, 0.5) is 0 Å². The topological polar surface area (TPSA) is 92.7 Å². The third-order valence-electron chi connectivity index (χ3n) is 2.89. The van der Waals surface area contributed by atoms with E-state index in [-0.39, 0.29) is 29.7 Å². The quantitative estimate of drug-likeness (QED) is 0.747. The molecule has 0 fully saturated rings. The molecule has 0 unspecified atom stereocenters. The number of hydrogen-bond acceptors (Lipinski definition) is 4. The number of sulfonamides is 1. The van der Waals surface area contributed by atoms with Crippen molar-refractivity contribution in [3.8, 4) is 0 Å². The lowest BCUT2D eigenvalue weighted by molar-refractivity contribution is 0.0695. The minimum atomic E-state index is -3.76. The zero-order valence-electron chi connectivity index (χ0n) is 12.6. The summed E-state index contributed by atoms with van der Waals surface area (Å²) in [6, 6.07) is 2.75. The Morgan fingerprint density at radius 3 is 2.43 bits per heavy atom. The Morgan fingerprint density at radius 1 is 1.29 bits per heavy atom. The maximum atomic E-state index is 12.2. The first-order chi connectivity index (χ1) is 9.65. The van der Waals surface area contributed by atoms with Crippen molar-refractivity contribution in [3.05, 3.63) is 28.8 Å². The van der Waals surface area contributed by atoms with Gasteiger partial charge in [-0.25, -0.2) is 17.9 Å². The number of aryl methyl sites for hydroxylation is 2. The normalized spacial score (nSPS) is 11.9. The largest absolute Gasteiger partial charge is 0.478 e. The molecule has 0 saturated carbocycles. The molecule has 7 heteroatoms. The van der Waals surface area contributed by atoms with Gasteiger partial charge in [0.15, 0.2) is 0 Å². The number of carboxylic acid groups (broad SMARTS) is 1. The second kappa shape index (κ2) is 7.02. The molecule has 0 amide bonds. The van der Waals surface area contributed by atoms with Gasteiger partial charge in [-0.05, 0) is 44.9 Å². The van der Waals surface area contributed by atoms with Crippen LogP contribution >= 0.6 is 0 Å². The van der Waals surface area contributed by atoms with Crippen molar-refractivity contribution in [2.24, 2.45) is 0 Å². The summed E-state index contributed by atoms with van der Waals surface area (Å²) in [6.45, 7) is 7.38. The SMILES string of the molecule is Cc1cc(C)c(S(=O)(=O)NCCOC(C)C)cc1C(=O)O. The minimum absolute atomic E-state index is 0.0144. The number of carbonyl (C=O) groups is 1. The smallest absolute Gasteiger partial charge is 0.335 e. The number of nitrogens with one attached hydrogen (secondary N) is 1. The molecule has 0 aliphatic heterocycles. The van der Waals surface area contributed by atoms with Crippen LogP contribution in [0.3, 0.4) is 0 Å². The van der Waals surface area contributed by atoms with Crippen molar-refractivity contribution in [1.29, 1.82) is 0 Å². The van der Waals surface area contributed by atoms with Gasteiger partial charge < -0.3 is 9.84 Å². The van der Waals surface area contributed by atoms with Gasteiger partial charge >= 0.3 is 5.97 Å². The molecule has 1 aromatic carbocycles. The average molecular weight is 315 g/mol. The summed E-state index contributed by atoms with van der Waals surface area (Å²) >= 11 is 0. The zero-order chi connectivity index (χ0) is 16.2. The highest BCUT2D eigenvalue weighted by Gasteiger charge is 2.20. The molecule has 0 heterocycles. The molecule has 0 spiro atoms. The Labute approximate surface area is 125 Å². The van der Waals surface area contributed by atoms with Crippen LogP contribution in [0.1, 0.15) is 35.3 Å². The highest BCUT2D eigenvalue weighted by molar-refractivity contribution is 7.89. The van der Waals surface area contributed by atoms with Crippen LogP contribution in [0, 0.1) is 13.8 Å². The number of aromatic carboxylic acids is 1. The van der Waals surface area contributed by atoms with Crippen LogP contribution in [0.2, 0.25) is 0 Å². The highest BCUT2D eigenvalue weighted by Crippen LogP contribution is 2.20. The molecule has 0 saturated heterocycles. The van der Waals surface area contributed by atoms with Gasteiger partial charge in [0.25, 0.3) is 0 Å². The van der Waals surface area contributed by atoms with Crippen LogP contribution in [-0.2, 0) is 14.8 Å². The zero-order valence-corrected chi connectivity index (χ0v) is 13.5. The molecule has 2 N–H and O–H groups in total. The number of carboxylic acids is 1. The summed E-state index contributed by atoms with van der Waals surface area (Å²) in [7, 11) is -3.76. The second-order valence-corrected chi connectivity index (χ2v) is 6.79. The summed E-state index contributed by atoms with van der Waals surface area (Å²) in [5.74, 6) is -1.15. The van der Waals surface area contributed by atoms with Crippen molar-refractivity contribution < 1.29 is 23.1 Å². The first-order valence-corrected chi connectivity index (χ1v) is 8.09. The Hall–Kier alpha value is -1.44. The van der Waals surface area contributed by atoms with E-state index >= 15 is 0 Å². The number of hydrogen-bond donors (Lipinski definition) is 2. The van der Waals surface area contributed by atoms with E-state index < -0.39 is 16.0 Å². The van der Waals surface area contributed by atoms with Crippen molar-refractivity contribution in [1.82, 2.24) is 4.72 Å². The monoisotopic (exact) mass is 315 g/mol. The fourth-order valence-corrected chi connectivity index (χ4v) is 3.16. The van der Waals surface area contributed by atoms with Crippen LogP contribution in [0.15, 0.2) is 17.0 Å². The predicted octanol–water partition coefficient (Wildman–Crippen LogP) is 1.70.